The number of nitrogens with zero attached hydrogens (tertiary/aromatic N) is 3. The van der Waals surface area contributed by atoms with E-state index in [2.05, 4.69) is 26.3 Å². The molecule has 20 heavy (non-hydrogen) atoms. The molecule has 4 nitrogen and oxygen atoms in total. The average molecular weight is 288 g/mol. The fourth-order valence-electron chi connectivity index (χ4n) is 1.92. The van der Waals surface area contributed by atoms with Gasteiger partial charge in [0, 0.05) is 37.3 Å². The summed E-state index contributed by atoms with van der Waals surface area (Å²) < 4.78 is 0. The van der Waals surface area contributed by atoms with Crippen LogP contribution in [0.25, 0.3) is 0 Å². The highest BCUT2D eigenvalue weighted by Crippen LogP contribution is 2.07. The van der Waals surface area contributed by atoms with Crippen LogP contribution in [0.1, 0.15) is 17.7 Å². The van der Waals surface area contributed by atoms with Gasteiger partial charge in [-0.05, 0) is 43.3 Å². The molecule has 0 atom stereocenters. The predicted octanol–water partition coefficient (Wildman–Crippen LogP) is 2.36. The molecule has 0 aliphatic rings. The second-order valence-electron chi connectivity index (χ2n) is 4.50. The Morgan fingerprint density at radius 3 is 2.90 bits per heavy atom. The lowest BCUT2D eigenvalue weighted by atomic mass is 10.1. The van der Waals surface area contributed by atoms with Crippen molar-refractivity contribution < 1.29 is 0 Å². The Labute approximate surface area is 124 Å². The molecule has 0 spiro atoms. The summed E-state index contributed by atoms with van der Waals surface area (Å²) in [6.07, 6.45) is 10.7. The summed E-state index contributed by atoms with van der Waals surface area (Å²) in [5.74, 6) is 0. The number of pyridine rings is 1. The quantitative estimate of drug-likeness (QED) is 0.459. The molecule has 0 aliphatic carbocycles. The zero-order valence-corrected chi connectivity index (χ0v) is 12.6. The smallest absolute Gasteiger partial charge is 0.187 e. The van der Waals surface area contributed by atoms with E-state index in [1.165, 1.54) is 5.56 Å². The zero-order valence-electron chi connectivity index (χ0n) is 11.7. The third-order valence-corrected chi connectivity index (χ3v) is 3.54. The molecule has 0 saturated carbocycles. The minimum Gasteiger partial charge on any atom is -0.316 e. The highest BCUT2D eigenvalue weighted by molar-refractivity contribution is 7.98. The molecule has 0 unspecified atom stereocenters. The fourth-order valence-corrected chi connectivity index (χ4v) is 2.29. The Kier molecular flexibility index (Phi) is 6.47. The molecule has 1 N–H and O–H groups in total. The Bertz CT molecular complexity index is 504. The maximum Gasteiger partial charge on any atom is 0.187 e. The highest BCUT2D eigenvalue weighted by atomic mass is 32.2. The monoisotopic (exact) mass is 288 g/mol. The molecule has 0 fully saturated rings. The molecule has 0 radical (unpaired) electrons. The van der Waals surface area contributed by atoms with Crippen molar-refractivity contribution in [1.82, 2.24) is 20.3 Å². The molecule has 0 saturated heterocycles. The molecule has 0 bridgehead atoms. The van der Waals surface area contributed by atoms with Crippen LogP contribution in [0, 0.1) is 0 Å². The first-order valence-electron chi connectivity index (χ1n) is 6.84. The van der Waals surface area contributed by atoms with Gasteiger partial charge in [0.25, 0.3) is 0 Å². The van der Waals surface area contributed by atoms with E-state index in [-0.39, 0.29) is 0 Å². The number of thioether (sulfide) groups is 1. The molecular weight excluding hydrogens is 268 g/mol. The summed E-state index contributed by atoms with van der Waals surface area (Å²) in [5.41, 5.74) is 2.40. The number of aryl methyl sites for hydroxylation is 1. The van der Waals surface area contributed by atoms with Gasteiger partial charge in [-0.3, -0.25) is 4.98 Å². The Hall–Kier alpha value is -1.46. The van der Waals surface area contributed by atoms with Crippen molar-refractivity contribution in [2.75, 3.05) is 19.3 Å². The third-order valence-electron chi connectivity index (χ3n) is 2.97. The second kappa shape index (κ2) is 8.66. The van der Waals surface area contributed by atoms with Crippen molar-refractivity contribution in [2.24, 2.45) is 0 Å². The van der Waals surface area contributed by atoms with Crippen molar-refractivity contribution in [3.05, 3.63) is 48.0 Å². The molecule has 2 heterocycles. The minimum atomic E-state index is 0.846. The first kappa shape index (κ1) is 14.9. The van der Waals surface area contributed by atoms with E-state index < -0.39 is 0 Å². The van der Waals surface area contributed by atoms with Crippen molar-refractivity contribution in [3.63, 3.8) is 0 Å². The van der Waals surface area contributed by atoms with E-state index in [0.29, 0.717) is 0 Å². The Morgan fingerprint density at radius 2 is 2.10 bits per heavy atom. The summed E-state index contributed by atoms with van der Waals surface area (Å²) in [6, 6.07) is 6.09. The summed E-state index contributed by atoms with van der Waals surface area (Å²) in [7, 11) is 0. The predicted molar refractivity (Wildman–Crippen MR) is 82.9 cm³/mol. The fraction of sp³-hybridized carbons (Fsp3) is 0.400. The SMILES string of the molecule is CSc1nccc(CCNCCCc2cccnc2)n1. The van der Waals surface area contributed by atoms with E-state index in [1.807, 2.05) is 37.0 Å². The van der Waals surface area contributed by atoms with Gasteiger partial charge in [0.1, 0.15) is 0 Å². The standard InChI is InChI=1S/C15H20N4S/c1-20-15-18-11-7-14(19-15)6-10-16-8-2-4-13-5-3-9-17-12-13/h3,5,7,9,11-12,16H,2,4,6,8,10H2,1H3. The summed E-state index contributed by atoms with van der Waals surface area (Å²) in [5, 5.41) is 4.30. The molecule has 0 amide bonds. The van der Waals surface area contributed by atoms with Gasteiger partial charge in [0.15, 0.2) is 5.16 Å². The molecule has 0 aliphatic heterocycles. The van der Waals surface area contributed by atoms with Crippen LogP contribution in [0.15, 0.2) is 41.9 Å². The normalized spacial score (nSPS) is 10.7. The summed E-state index contributed by atoms with van der Waals surface area (Å²) in [4.78, 5) is 12.8. The van der Waals surface area contributed by atoms with Crippen LogP contribution in [0.5, 0.6) is 0 Å². The van der Waals surface area contributed by atoms with Crippen LogP contribution in [0.2, 0.25) is 0 Å². The molecular formula is C15H20N4S. The number of aromatic nitrogens is 3. The van der Waals surface area contributed by atoms with Crippen LogP contribution in [0.4, 0.5) is 0 Å². The Balaban J connectivity index is 1.59. The largest absolute Gasteiger partial charge is 0.316 e. The van der Waals surface area contributed by atoms with Gasteiger partial charge in [0.05, 0.1) is 0 Å². The minimum absolute atomic E-state index is 0.846. The number of hydrogen-bond acceptors (Lipinski definition) is 5. The third kappa shape index (κ3) is 5.27. The van der Waals surface area contributed by atoms with Crippen LogP contribution < -0.4 is 5.32 Å². The van der Waals surface area contributed by atoms with Gasteiger partial charge < -0.3 is 5.32 Å². The van der Waals surface area contributed by atoms with Crippen molar-refractivity contribution >= 4 is 11.8 Å². The van der Waals surface area contributed by atoms with Crippen LogP contribution in [0.3, 0.4) is 0 Å². The maximum absolute atomic E-state index is 4.46. The topological polar surface area (TPSA) is 50.7 Å². The van der Waals surface area contributed by atoms with Crippen molar-refractivity contribution in [2.45, 2.75) is 24.4 Å². The molecule has 2 aromatic rings. The second-order valence-corrected chi connectivity index (χ2v) is 5.27. The summed E-state index contributed by atoms with van der Waals surface area (Å²) in [6.45, 7) is 1.98. The van der Waals surface area contributed by atoms with E-state index >= 15 is 0 Å². The first-order valence-corrected chi connectivity index (χ1v) is 8.06. The molecule has 0 aromatic carbocycles. The molecule has 2 aromatic heterocycles. The lowest BCUT2D eigenvalue weighted by Gasteiger charge is -2.05. The van der Waals surface area contributed by atoms with Crippen LogP contribution >= 0.6 is 11.8 Å². The summed E-state index contributed by atoms with van der Waals surface area (Å²) >= 11 is 1.58. The van der Waals surface area contributed by atoms with Gasteiger partial charge in [-0.15, -0.1) is 0 Å². The van der Waals surface area contributed by atoms with Crippen LogP contribution in [-0.2, 0) is 12.8 Å². The lowest BCUT2D eigenvalue weighted by Crippen LogP contribution is -2.19. The van der Waals surface area contributed by atoms with E-state index in [4.69, 9.17) is 0 Å². The van der Waals surface area contributed by atoms with Crippen LogP contribution in [-0.4, -0.2) is 34.3 Å². The zero-order chi connectivity index (χ0) is 14.0. The van der Waals surface area contributed by atoms with E-state index in [1.54, 1.807) is 11.8 Å². The van der Waals surface area contributed by atoms with Gasteiger partial charge in [-0.1, -0.05) is 17.8 Å². The van der Waals surface area contributed by atoms with Gasteiger partial charge in [-0.2, -0.15) is 0 Å². The molecule has 2 rings (SSSR count). The van der Waals surface area contributed by atoms with Gasteiger partial charge in [-0.25, -0.2) is 9.97 Å². The molecule has 106 valence electrons. The average Bonchev–Trinajstić information content (AvgIpc) is 2.52. The van der Waals surface area contributed by atoms with E-state index in [0.717, 1.165) is 43.2 Å². The highest BCUT2D eigenvalue weighted by Gasteiger charge is 1.98. The number of hydrogen-bond donors (Lipinski definition) is 1. The lowest BCUT2D eigenvalue weighted by molar-refractivity contribution is 0.639. The maximum atomic E-state index is 4.46. The molecule has 5 heteroatoms. The first-order chi connectivity index (χ1) is 9.88. The Morgan fingerprint density at radius 1 is 1.15 bits per heavy atom. The van der Waals surface area contributed by atoms with Crippen molar-refractivity contribution in [3.8, 4) is 0 Å². The number of nitrogens with one attached hydrogen (secondary N) is 1. The van der Waals surface area contributed by atoms with Gasteiger partial charge in [0.2, 0.25) is 0 Å². The number of rotatable bonds is 8. The van der Waals surface area contributed by atoms with Gasteiger partial charge >= 0.3 is 0 Å². The van der Waals surface area contributed by atoms with E-state index in [9.17, 15) is 0 Å². The van der Waals surface area contributed by atoms with Crippen molar-refractivity contribution in [1.29, 1.82) is 0 Å².